The first-order valence-corrected chi connectivity index (χ1v) is 6.36. The van der Waals surface area contributed by atoms with Gasteiger partial charge in [-0.3, -0.25) is 4.99 Å². The van der Waals surface area contributed by atoms with Gasteiger partial charge in [-0.05, 0) is 33.7 Å². The standard InChI is InChI=1S/C12H26N4.HI/c1-10(2)15-12(13)14-8-9-16(3)11-6-4-5-7-11;/h10-11H,4-9H2,1-3H3,(H3,13,14,15);1H. The van der Waals surface area contributed by atoms with Gasteiger partial charge in [0.1, 0.15) is 0 Å². The Labute approximate surface area is 122 Å². The van der Waals surface area contributed by atoms with Crippen molar-refractivity contribution in [2.45, 2.75) is 51.6 Å². The van der Waals surface area contributed by atoms with Crippen LogP contribution in [0.25, 0.3) is 0 Å². The van der Waals surface area contributed by atoms with Gasteiger partial charge < -0.3 is 16.0 Å². The van der Waals surface area contributed by atoms with Crippen LogP contribution in [0.1, 0.15) is 39.5 Å². The average molecular weight is 354 g/mol. The van der Waals surface area contributed by atoms with E-state index in [-0.39, 0.29) is 24.0 Å². The van der Waals surface area contributed by atoms with E-state index in [1.807, 2.05) is 0 Å². The van der Waals surface area contributed by atoms with Gasteiger partial charge in [0.25, 0.3) is 0 Å². The number of hydrogen-bond donors (Lipinski definition) is 2. The number of nitrogens with zero attached hydrogens (tertiary/aromatic N) is 2. The lowest BCUT2D eigenvalue weighted by Crippen LogP contribution is -2.38. The van der Waals surface area contributed by atoms with Crippen LogP contribution in [0.4, 0.5) is 0 Å². The summed E-state index contributed by atoms with van der Waals surface area (Å²) in [6.07, 6.45) is 5.46. The lowest BCUT2D eigenvalue weighted by Gasteiger charge is -2.23. The topological polar surface area (TPSA) is 53.6 Å². The molecule has 1 rings (SSSR count). The Morgan fingerprint density at radius 1 is 1.41 bits per heavy atom. The van der Waals surface area contributed by atoms with E-state index < -0.39 is 0 Å². The Balaban J connectivity index is 0.00000256. The highest BCUT2D eigenvalue weighted by Gasteiger charge is 2.18. The van der Waals surface area contributed by atoms with Gasteiger partial charge in [0, 0.05) is 18.6 Å². The number of aliphatic imine (C=N–C) groups is 1. The van der Waals surface area contributed by atoms with E-state index >= 15 is 0 Å². The first-order valence-electron chi connectivity index (χ1n) is 6.36. The van der Waals surface area contributed by atoms with Gasteiger partial charge in [0.05, 0.1) is 6.54 Å². The SMILES string of the molecule is CC(C)NC(N)=NCCN(C)C1CCCC1.I. The highest BCUT2D eigenvalue weighted by atomic mass is 127. The third kappa shape index (κ3) is 7.08. The number of hydrogen-bond acceptors (Lipinski definition) is 2. The van der Waals surface area contributed by atoms with Crippen molar-refractivity contribution in [1.82, 2.24) is 10.2 Å². The van der Waals surface area contributed by atoms with Crippen molar-refractivity contribution in [2.75, 3.05) is 20.1 Å². The summed E-state index contributed by atoms with van der Waals surface area (Å²) in [5.41, 5.74) is 5.73. The van der Waals surface area contributed by atoms with Crippen LogP contribution in [0, 0.1) is 0 Å². The van der Waals surface area contributed by atoms with Gasteiger partial charge in [-0.2, -0.15) is 0 Å². The van der Waals surface area contributed by atoms with Crippen LogP contribution in [0.5, 0.6) is 0 Å². The van der Waals surface area contributed by atoms with Gasteiger partial charge >= 0.3 is 0 Å². The first kappa shape index (κ1) is 17.0. The molecule has 0 atom stereocenters. The minimum atomic E-state index is 0. The van der Waals surface area contributed by atoms with E-state index in [0.717, 1.165) is 19.1 Å². The fourth-order valence-corrected chi connectivity index (χ4v) is 2.20. The average Bonchev–Trinajstić information content (AvgIpc) is 2.68. The Bertz CT molecular complexity index is 225. The lowest BCUT2D eigenvalue weighted by atomic mass is 10.2. The van der Waals surface area contributed by atoms with Crippen LogP contribution in [0.2, 0.25) is 0 Å². The third-order valence-corrected chi connectivity index (χ3v) is 3.12. The zero-order chi connectivity index (χ0) is 12.0. The van der Waals surface area contributed by atoms with Crippen LogP contribution in [0.3, 0.4) is 0 Å². The Morgan fingerprint density at radius 3 is 2.53 bits per heavy atom. The molecule has 17 heavy (non-hydrogen) atoms. The summed E-state index contributed by atoms with van der Waals surface area (Å²) in [4.78, 5) is 6.73. The molecule has 4 nitrogen and oxygen atoms in total. The summed E-state index contributed by atoms with van der Waals surface area (Å²) < 4.78 is 0. The highest BCUT2D eigenvalue weighted by molar-refractivity contribution is 14.0. The van der Waals surface area contributed by atoms with Crippen molar-refractivity contribution in [3.8, 4) is 0 Å². The monoisotopic (exact) mass is 354 g/mol. The van der Waals surface area contributed by atoms with Crippen molar-refractivity contribution in [3.63, 3.8) is 0 Å². The molecule has 0 amide bonds. The molecule has 1 aliphatic carbocycles. The molecule has 0 aromatic heterocycles. The maximum absolute atomic E-state index is 5.73. The van der Waals surface area contributed by atoms with Gasteiger partial charge in [-0.15, -0.1) is 24.0 Å². The second-order valence-corrected chi connectivity index (χ2v) is 4.98. The number of rotatable bonds is 5. The molecular formula is C12H27IN4. The smallest absolute Gasteiger partial charge is 0.188 e. The minimum absolute atomic E-state index is 0. The van der Waals surface area contributed by atoms with Crippen molar-refractivity contribution in [1.29, 1.82) is 0 Å². The molecule has 0 bridgehead atoms. The van der Waals surface area contributed by atoms with E-state index in [9.17, 15) is 0 Å². The van der Waals surface area contributed by atoms with Gasteiger partial charge in [0.15, 0.2) is 5.96 Å². The maximum Gasteiger partial charge on any atom is 0.188 e. The molecule has 0 aliphatic heterocycles. The van der Waals surface area contributed by atoms with E-state index in [1.165, 1.54) is 25.7 Å². The number of halogens is 1. The molecule has 5 heteroatoms. The second kappa shape index (κ2) is 8.97. The Hall–Kier alpha value is -0.0400. The summed E-state index contributed by atoms with van der Waals surface area (Å²) in [7, 11) is 2.19. The lowest BCUT2D eigenvalue weighted by molar-refractivity contribution is 0.252. The van der Waals surface area contributed by atoms with Crippen LogP contribution in [-0.2, 0) is 0 Å². The molecule has 0 unspecified atom stereocenters. The molecule has 102 valence electrons. The van der Waals surface area contributed by atoms with E-state index in [1.54, 1.807) is 0 Å². The van der Waals surface area contributed by atoms with Crippen LogP contribution in [0.15, 0.2) is 4.99 Å². The summed E-state index contributed by atoms with van der Waals surface area (Å²) in [6, 6.07) is 1.13. The molecule has 3 N–H and O–H groups in total. The van der Waals surface area contributed by atoms with E-state index in [4.69, 9.17) is 5.73 Å². The molecule has 0 heterocycles. The van der Waals surface area contributed by atoms with Crippen molar-refractivity contribution in [3.05, 3.63) is 0 Å². The van der Waals surface area contributed by atoms with Crippen LogP contribution >= 0.6 is 24.0 Å². The number of likely N-dealkylation sites (N-methyl/N-ethyl adjacent to an activating group) is 1. The van der Waals surface area contributed by atoms with E-state index in [2.05, 4.69) is 36.1 Å². The van der Waals surface area contributed by atoms with Crippen molar-refractivity contribution >= 4 is 29.9 Å². The Morgan fingerprint density at radius 2 is 2.00 bits per heavy atom. The summed E-state index contributed by atoms with van der Waals surface area (Å²) in [5, 5.41) is 3.10. The number of guanidine groups is 1. The third-order valence-electron chi connectivity index (χ3n) is 3.12. The first-order chi connectivity index (χ1) is 7.59. The summed E-state index contributed by atoms with van der Waals surface area (Å²) >= 11 is 0. The number of nitrogens with two attached hydrogens (primary N) is 1. The Kier molecular flexibility index (Phi) is 8.94. The largest absolute Gasteiger partial charge is 0.370 e. The maximum atomic E-state index is 5.73. The van der Waals surface area contributed by atoms with Gasteiger partial charge in [-0.25, -0.2) is 0 Å². The van der Waals surface area contributed by atoms with Crippen molar-refractivity contribution < 1.29 is 0 Å². The van der Waals surface area contributed by atoms with Gasteiger partial charge in [-0.1, -0.05) is 12.8 Å². The molecule has 1 saturated carbocycles. The summed E-state index contributed by atoms with van der Waals surface area (Å²) in [5.74, 6) is 0.565. The molecule has 1 aliphatic rings. The molecule has 1 fully saturated rings. The molecule has 0 spiro atoms. The van der Waals surface area contributed by atoms with Crippen LogP contribution in [-0.4, -0.2) is 43.1 Å². The second-order valence-electron chi connectivity index (χ2n) is 4.98. The molecule has 0 radical (unpaired) electrons. The number of nitrogens with one attached hydrogen (secondary N) is 1. The van der Waals surface area contributed by atoms with Crippen molar-refractivity contribution in [2.24, 2.45) is 10.7 Å². The molecule has 0 aromatic carbocycles. The fraction of sp³-hybridized carbons (Fsp3) is 0.917. The molecular weight excluding hydrogens is 327 g/mol. The molecule has 0 saturated heterocycles. The predicted octanol–water partition coefficient (Wildman–Crippen LogP) is 1.79. The summed E-state index contributed by atoms with van der Waals surface area (Å²) in [6.45, 7) is 5.92. The minimum Gasteiger partial charge on any atom is -0.370 e. The quantitative estimate of drug-likeness (QED) is 0.450. The molecule has 0 aromatic rings. The fourth-order valence-electron chi connectivity index (χ4n) is 2.20. The predicted molar refractivity (Wildman–Crippen MR) is 85.1 cm³/mol. The van der Waals surface area contributed by atoms with Gasteiger partial charge in [0.2, 0.25) is 0 Å². The zero-order valence-electron chi connectivity index (χ0n) is 11.3. The zero-order valence-corrected chi connectivity index (χ0v) is 13.6. The normalized spacial score (nSPS) is 17.6. The van der Waals surface area contributed by atoms with Crippen LogP contribution < -0.4 is 11.1 Å². The van der Waals surface area contributed by atoms with E-state index in [0.29, 0.717) is 12.0 Å². The highest BCUT2D eigenvalue weighted by Crippen LogP contribution is 2.21.